The van der Waals surface area contributed by atoms with Crippen molar-refractivity contribution in [1.29, 1.82) is 0 Å². The quantitative estimate of drug-likeness (QED) is 0.822. The lowest BCUT2D eigenvalue weighted by atomic mass is 9.48. The van der Waals surface area contributed by atoms with Crippen molar-refractivity contribution < 1.29 is 0 Å². The molecule has 0 saturated heterocycles. The van der Waals surface area contributed by atoms with Crippen LogP contribution in [0.4, 0.5) is 0 Å². The maximum atomic E-state index is 5.96. The Morgan fingerprint density at radius 2 is 1.57 bits per heavy atom. The minimum absolute atomic E-state index is 0.598. The van der Waals surface area contributed by atoms with Crippen LogP contribution < -0.4 is 5.32 Å². The van der Waals surface area contributed by atoms with Crippen LogP contribution in [-0.2, 0) is 6.54 Å². The summed E-state index contributed by atoms with van der Waals surface area (Å²) in [6, 6.07) is 8.91. The summed E-state index contributed by atoms with van der Waals surface area (Å²) in [4.78, 5) is 0. The SMILES string of the molecule is CC(NCc1ccc(Cl)cc1)C12CC3CC(CC(C3)C1)C2. The van der Waals surface area contributed by atoms with Crippen molar-refractivity contribution in [2.45, 2.75) is 58.0 Å². The van der Waals surface area contributed by atoms with E-state index in [1.807, 2.05) is 12.1 Å². The van der Waals surface area contributed by atoms with Gasteiger partial charge in [0.25, 0.3) is 0 Å². The summed E-state index contributed by atoms with van der Waals surface area (Å²) in [5, 5.41) is 4.66. The molecule has 114 valence electrons. The van der Waals surface area contributed by atoms with Crippen molar-refractivity contribution in [2.75, 3.05) is 0 Å². The molecule has 4 bridgehead atoms. The van der Waals surface area contributed by atoms with Gasteiger partial charge in [0.2, 0.25) is 0 Å². The summed E-state index contributed by atoms with van der Waals surface area (Å²) in [5.74, 6) is 3.11. The predicted octanol–water partition coefficient (Wildman–Crippen LogP) is 5.03. The van der Waals surface area contributed by atoms with Crippen molar-refractivity contribution in [1.82, 2.24) is 5.32 Å². The Morgan fingerprint density at radius 1 is 1.05 bits per heavy atom. The molecule has 0 amide bonds. The van der Waals surface area contributed by atoms with Crippen LogP contribution in [-0.4, -0.2) is 6.04 Å². The Hall–Kier alpha value is -0.530. The average molecular weight is 304 g/mol. The standard InChI is InChI=1S/C19H26ClN/c1-13(21-12-14-2-4-18(20)5-3-14)19-9-15-6-16(10-19)8-17(7-15)11-19/h2-5,13,15-17,21H,6-12H2,1H3. The Balaban J connectivity index is 1.42. The normalized spacial score (nSPS) is 38.7. The lowest BCUT2D eigenvalue weighted by Crippen LogP contribution is -2.54. The van der Waals surface area contributed by atoms with Gasteiger partial charge in [0.15, 0.2) is 0 Å². The van der Waals surface area contributed by atoms with Crippen LogP contribution in [0.5, 0.6) is 0 Å². The highest BCUT2D eigenvalue weighted by Crippen LogP contribution is 2.61. The van der Waals surface area contributed by atoms with Crippen molar-refractivity contribution >= 4 is 11.6 Å². The Morgan fingerprint density at radius 3 is 2.10 bits per heavy atom. The molecule has 0 radical (unpaired) electrons. The summed E-state index contributed by atoms with van der Waals surface area (Å²) in [6.45, 7) is 3.41. The zero-order valence-corrected chi connectivity index (χ0v) is 13.7. The first-order valence-electron chi connectivity index (χ1n) is 8.61. The molecule has 0 heterocycles. The molecule has 21 heavy (non-hydrogen) atoms. The molecule has 1 aromatic rings. The van der Waals surface area contributed by atoms with Gasteiger partial charge >= 0.3 is 0 Å². The van der Waals surface area contributed by atoms with Gasteiger partial charge in [0.05, 0.1) is 0 Å². The molecule has 0 spiro atoms. The van der Waals surface area contributed by atoms with Crippen LogP contribution in [0, 0.1) is 23.2 Å². The van der Waals surface area contributed by atoms with E-state index in [4.69, 9.17) is 11.6 Å². The van der Waals surface area contributed by atoms with Crippen LogP contribution in [0.3, 0.4) is 0 Å². The van der Waals surface area contributed by atoms with E-state index in [0.29, 0.717) is 11.5 Å². The molecule has 4 aliphatic rings. The van der Waals surface area contributed by atoms with E-state index in [1.54, 1.807) is 0 Å². The zero-order valence-electron chi connectivity index (χ0n) is 12.9. The lowest BCUT2D eigenvalue weighted by molar-refractivity contribution is -0.0706. The summed E-state index contributed by atoms with van der Waals surface area (Å²) in [6.07, 6.45) is 9.03. The topological polar surface area (TPSA) is 12.0 Å². The monoisotopic (exact) mass is 303 g/mol. The fraction of sp³-hybridized carbons (Fsp3) is 0.684. The Kier molecular flexibility index (Phi) is 3.54. The highest BCUT2D eigenvalue weighted by Gasteiger charge is 2.52. The first kappa shape index (κ1) is 14.1. The molecular weight excluding hydrogens is 278 g/mol. The van der Waals surface area contributed by atoms with Crippen LogP contribution in [0.1, 0.15) is 51.0 Å². The summed E-state index contributed by atoms with van der Waals surface area (Å²) in [5.41, 5.74) is 1.94. The maximum Gasteiger partial charge on any atom is 0.0406 e. The fourth-order valence-electron chi connectivity index (χ4n) is 5.80. The number of hydrogen-bond donors (Lipinski definition) is 1. The number of benzene rings is 1. The number of nitrogens with one attached hydrogen (secondary N) is 1. The van der Waals surface area contributed by atoms with Crippen LogP contribution in [0.2, 0.25) is 5.02 Å². The molecule has 4 saturated carbocycles. The molecule has 4 aliphatic carbocycles. The van der Waals surface area contributed by atoms with E-state index in [9.17, 15) is 0 Å². The van der Waals surface area contributed by atoms with E-state index in [2.05, 4.69) is 24.4 Å². The van der Waals surface area contributed by atoms with Crippen molar-refractivity contribution in [2.24, 2.45) is 23.2 Å². The van der Waals surface area contributed by atoms with Gasteiger partial charge in [-0.3, -0.25) is 0 Å². The highest BCUT2D eigenvalue weighted by molar-refractivity contribution is 6.30. The molecule has 1 N–H and O–H groups in total. The molecule has 0 aliphatic heterocycles. The highest BCUT2D eigenvalue weighted by atomic mass is 35.5. The van der Waals surface area contributed by atoms with Gasteiger partial charge in [0.1, 0.15) is 0 Å². The smallest absolute Gasteiger partial charge is 0.0406 e. The minimum Gasteiger partial charge on any atom is -0.310 e. The largest absolute Gasteiger partial charge is 0.310 e. The van der Waals surface area contributed by atoms with Crippen LogP contribution in [0.15, 0.2) is 24.3 Å². The molecule has 5 rings (SSSR count). The second-order valence-corrected chi connectivity index (χ2v) is 8.45. The molecule has 1 unspecified atom stereocenters. The van der Waals surface area contributed by atoms with Gasteiger partial charge in [-0.1, -0.05) is 23.7 Å². The molecule has 1 nitrogen and oxygen atoms in total. The average Bonchev–Trinajstić information content (AvgIpc) is 2.45. The number of halogens is 1. The van der Waals surface area contributed by atoms with Crippen molar-refractivity contribution in [3.05, 3.63) is 34.9 Å². The van der Waals surface area contributed by atoms with E-state index in [-0.39, 0.29) is 0 Å². The van der Waals surface area contributed by atoms with E-state index in [1.165, 1.54) is 44.1 Å². The molecule has 2 heteroatoms. The fourth-order valence-corrected chi connectivity index (χ4v) is 5.92. The van der Waals surface area contributed by atoms with Gasteiger partial charge < -0.3 is 5.32 Å². The predicted molar refractivity (Wildman–Crippen MR) is 88.4 cm³/mol. The summed E-state index contributed by atoms with van der Waals surface area (Å²) >= 11 is 5.96. The second-order valence-electron chi connectivity index (χ2n) is 8.01. The molecule has 1 atom stereocenters. The van der Waals surface area contributed by atoms with Crippen LogP contribution in [0.25, 0.3) is 0 Å². The Labute approximate surface area is 133 Å². The maximum absolute atomic E-state index is 5.96. The van der Waals surface area contributed by atoms with Crippen molar-refractivity contribution in [3.63, 3.8) is 0 Å². The molecule has 4 fully saturated rings. The summed E-state index contributed by atoms with van der Waals surface area (Å²) in [7, 11) is 0. The number of rotatable bonds is 4. The summed E-state index contributed by atoms with van der Waals surface area (Å²) < 4.78 is 0. The Bertz CT molecular complexity index is 472. The zero-order chi connectivity index (χ0) is 14.4. The first-order valence-corrected chi connectivity index (χ1v) is 8.99. The first-order chi connectivity index (χ1) is 10.1. The van der Waals surface area contributed by atoms with Gasteiger partial charge in [-0.15, -0.1) is 0 Å². The molecule has 0 aromatic heterocycles. The van der Waals surface area contributed by atoms with Crippen LogP contribution >= 0.6 is 11.6 Å². The van der Waals surface area contributed by atoms with Gasteiger partial charge in [-0.05, 0) is 86.3 Å². The molecular formula is C19H26ClN. The third-order valence-electron chi connectivity index (χ3n) is 6.53. The number of hydrogen-bond acceptors (Lipinski definition) is 1. The molecule has 1 aromatic carbocycles. The van der Waals surface area contributed by atoms with Gasteiger partial charge in [0, 0.05) is 17.6 Å². The van der Waals surface area contributed by atoms with E-state index in [0.717, 1.165) is 29.3 Å². The van der Waals surface area contributed by atoms with E-state index >= 15 is 0 Å². The van der Waals surface area contributed by atoms with Gasteiger partial charge in [-0.25, -0.2) is 0 Å². The third kappa shape index (κ3) is 2.64. The van der Waals surface area contributed by atoms with E-state index < -0.39 is 0 Å². The second kappa shape index (κ2) is 5.28. The minimum atomic E-state index is 0.598. The third-order valence-corrected chi connectivity index (χ3v) is 6.78. The lowest BCUT2D eigenvalue weighted by Gasteiger charge is -2.59. The van der Waals surface area contributed by atoms with Gasteiger partial charge in [-0.2, -0.15) is 0 Å². The van der Waals surface area contributed by atoms with Crippen molar-refractivity contribution in [3.8, 4) is 0 Å².